The number of benzene rings is 1. The maximum absolute atomic E-state index is 14.2. The average molecular weight is 242 g/mol. The number of ether oxygens (including phenoxy) is 1. The fourth-order valence-electron chi connectivity index (χ4n) is 1.95. The summed E-state index contributed by atoms with van der Waals surface area (Å²) in [5, 5.41) is 8.94. The molecule has 0 radical (unpaired) electrons. The first-order valence-corrected chi connectivity index (χ1v) is 5.20. The highest BCUT2D eigenvalue weighted by molar-refractivity contribution is 5.80. The number of para-hydroxylation sites is 1. The van der Waals surface area contributed by atoms with E-state index in [1.165, 1.54) is 25.3 Å². The van der Waals surface area contributed by atoms with Crippen LogP contribution in [0.2, 0.25) is 0 Å². The summed E-state index contributed by atoms with van der Waals surface area (Å²) in [4.78, 5) is 11.0. The van der Waals surface area contributed by atoms with Gasteiger partial charge < -0.3 is 9.84 Å². The van der Waals surface area contributed by atoms with Crippen LogP contribution in [0.1, 0.15) is 18.4 Å². The number of methoxy groups -OCH3 is 1. The van der Waals surface area contributed by atoms with Gasteiger partial charge in [0.25, 0.3) is 5.92 Å². The molecule has 0 unspecified atom stereocenters. The van der Waals surface area contributed by atoms with Gasteiger partial charge in [0.15, 0.2) is 0 Å². The molecule has 0 saturated heterocycles. The number of hydrogen-bond acceptors (Lipinski definition) is 2. The van der Waals surface area contributed by atoms with E-state index in [1.807, 2.05) is 0 Å². The number of alkyl halides is 2. The van der Waals surface area contributed by atoms with E-state index in [9.17, 15) is 13.6 Å². The topological polar surface area (TPSA) is 46.5 Å². The van der Waals surface area contributed by atoms with Crippen LogP contribution in [-0.4, -0.2) is 18.2 Å². The van der Waals surface area contributed by atoms with Crippen molar-refractivity contribution in [3.8, 4) is 5.75 Å². The van der Waals surface area contributed by atoms with Gasteiger partial charge in [0, 0.05) is 0 Å². The largest absolute Gasteiger partial charge is 0.496 e. The van der Waals surface area contributed by atoms with Crippen LogP contribution < -0.4 is 4.74 Å². The zero-order valence-electron chi connectivity index (χ0n) is 9.24. The number of rotatable bonds is 4. The molecule has 0 bridgehead atoms. The molecule has 0 atom stereocenters. The summed E-state index contributed by atoms with van der Waals surface area (Å²) in [6, 6.07) is 5.63. The summed E-state index contributed by atoms with van der Waals surface area (Å²) in [5.74, 6) is -4.84. The average Bonchev–Trinajstić information content (AvgIpc) is 3.10. The second kappa shape index (κ2) is 3.68. The minimum absolute atomic E-state index is 0.00657. The molecule has 1 aromatic rings. The number of hydrogen-bond donors (Lipinski definition) is 1. The van der Waals surface area contributed by atoms with Gasteiger partial charge in [0.2, 0.25) is 0 Å². The predicted molar refractivity (Wildman–Crippen MR) is 56.2 cm³/mol. The summed E-state index contributed by atoms with van der Waals surface area (Å²) in [6.45, 7) is 0. The van der Waals surface area contributed by atoms with Gasteiger partial charge in [-0.15, -0.1) is 0 Å². The normalized spacial score (nSPS) is 17.6. The highest BCUT2D eigenvalue weighted by atomic mass is 19.3. The van der Waals surface area contributed by atoms with Crippen LogP contribution >= 0.6 is 0 Å². The smallest absolute Gasteiger partial charge is 0.316 e. The summed E-state index contributed by atoms with van der Waals surface area (Å²) in [5.41, 5.74) is -2.32. The lowest BCUT2D eigenvalue weighted by molar-refractivity contribution is -0.163. The highest BCUT2D eigenvalue weighted by Crippen LogP contribution is 2.62. The third-order valence-corrected chi connectivity index (χ3v) is 3.21. The Morgan fingerprint density at radius 1 is 1.41 bits per heavy atom. The van der Waals surface area contributed by atoms with E-state index < -0.39 is 17.3 Å². The van der Waals surface area contributed by atoms with Crippen molar-refractivity contribution in [1.82, 2.24) is 0 Å². The molecule has 1 N–H and O–H groups in total. The van der Waals surface area contributed by atoms with Gasteiger partial charge in [-0.3, -0.25) is 4.79 Å². The number of carbonyl (C=O) groups is 1. The molecule has 92 valence electrons. The quantitative estimate of drug-likeness (QED) is 0.882. The lowest BCUT2D eigenvalue weighted by atomic mass is 9.91. The Kier molecular flexibility index (Phi) is 2.56. The first-order valence-electron chi connectivity index (χ1n) is 5.20. The minimum atomic E-state index is -3.41. The molecule has 0 spiro atoms. The minimum Gasteiger partial charge on any atom is -0.496 e. The van der Waals surface area contributed by atoms with Crippen LogP contribution in [0.25, 0.3) is 0 Å². The fourth-order valence-corrected chi connectivity index (χ4v) is 1.95. The van der Waals surface area contributed by atoms with E-state index in [4.69, 9.17) is 9.84 Å². The standard InChI is InChI=1S/C12H12F2O3/c1-17-9-5-3-2-4-8(9)12(13,14)11(6-7-11)10(15)16/h2-5H,6-7H2,1H3,(H,15,16). The zero-order chi connectivity index (χ0) is 12.7. The van der Waals surface area contributed by atoms with Gasteiger partial charge >= 0.3 is 5.97 Å². The van der Waals surface area contributed by atoms with E-state index in [2.05, 4.69) is 0 Å². The summed E-state index contributed by atoms with van der Waals surface area (Å²) in [7, 11) is 1.29. The molecule has 1 fully saturated rings. The molecule has 5 heteroatoms. The molecule has 1 aromatic carbocycles. The lowest BCUT2D eigenvalue weighted by Gasteiger charge is -2.25. The van der Waals surface area contributed by atoms with Crippen molar-refractivity contribution >= 4 is 5.97 Å². The van der Waals surface area contributed by atoms with Crippen molar-refractivity contribution in [2.45, 2.75) is 18.8 Å². The molecule has 0 aromatic heterocycles. The van der Waals surface area contributed by atoms with E-state index in [0.717, 1.165) is 0 Å². The molecular formula is C12H12F2O3. The van der Waals surface area contributed by atoms with Crippen molar-refractivity contribution in [3.05, 3.63) is 29.8 Å². The Labute approximate surface area is 97.0 Å². The van der Waals surface area contributed by atoms with Crippen LogP contribution in [0.15, 0.2) is 24.3 Å². The molecule has 0 heterocycles. The number of aliphatic carboxylic acids is 1. The van der Waals surface area contributed by atoms with Crippen LogP contribution in [0.4, 0.5) is 8.78 Å². The first kappa shape index (κ1) is 11.8. The van der Waals surface area contributed by atoms with Gasteiger partial charge in [-0.05, 0) is 25.0 Å². The molecule has 1 aliphatic carbocycles. The molecular weight excluding hydrogens is 230 g/mol. The van der Waals surface area contributed by atoms with Gasteiger partial charge in [0.1, 0.15) is 11.2 Å². The first-order chi connectivity index (χ1) is 7.95. The Morgan fingerprint density at radius 3 is 2.47 bits per heavy atom. The lowest BCUT2D eigenvalue weighted by Crippen LogP contribution is -2.34. The number of carboxylic acids is 1. The maximum Gasteiger partial charge on any atom is 0.316 e. The highest BCUT2D eigenvalue weighted by Gasteiger charge is 2.69. The van der Waals surface area contributed by atoms with Crippen LogP contribution in [-0.2, 0) is 10.7 Å². The van der Waals surface area contributed by atoms with E-state index in [0.29, 0.717) is 0 Å². The second-order valence-electron chi connectivity index (χ2n) is 4.16. The van der Waals surface area contributed by atoms with Gasteiger partial charge in [-0.1, -0.05) is 12.1 Å². The van der Waals surface area contributed by atoms with Crippen molar-refractivity contribution in [2.75, 3.05) is 7.11 Å². The van der Waals surface area contributed by atoms with Gasteiger partial charge in [-0.2, -0.15) is 8.78 Å². The summed E-state index contributed by atoms with van der Waals surface area (Å²) >= 11 is 0. The predicted octanol–water partition coefficient (Wildman–Crippen LogP) is 2.65. The third-order valence-electron chi connectivity index (χ3n) is 3.21. The van der Waals surface area contributed by atoms with E-state index in [-0.39, 0.29) is 24.2 Å². The third kappa shape index (κ3) is 1.57. The monoisotopic (exact) mass is 242 g/mol. The van der Waals surface area contributed by atoms with Crippen molar-refractivity contribution in [1.29, 1.82) is 0 Å². The Bertz CT molecular complexity index is 453. The molecule has 3 nitrogen and oxygen atoms in total. The molecule has 17 heavy (non-hydrogen) atoms. The van der Waals surface area contributed by atoms with E-state index in [1.54, 1.807) is 6.07 Å². The zero-order valence-corrected chi connectivity index (χ0v) is 9.24. The van der Waals surface area contributed by atoms with Crippen molar-refractivity contribution in [3.63, 3.8) is 0 Å². The Morgan fingerprint density at radius 2 is 2.00 bits per heavy atom. The van der Waals surface area contributed by atoms with Crippen molar-refractivity contribution < 1.29 is 23.4 Å². The molecule has 1 aliphatic rings. The fraction of sp³-hybridized carbons (Fsp3) is 0.417. The van der Waals surface area contributed by atoms with Gasteiger partial charge in [-0.25, -0.2) is 0 Å². The van der Waals surface area contributed by atoms with Crippen LogP contribution in [0.5, 0.6) is 5.75 Å². The summed E-state index contributed by atoms with van der Waals surface area (Å²) < 4.78 is 33.3. The van der Waals surface area contributed by atoms with Gasteiger partial charge in [0.05, 0.1) is 12.7 Å². The second-order valence-corrected chi connectivity index (χ2v) is 4.16. The molecule has 0 amide bonds. The number of carboxylic acid groups (broad SMARTS) is 1. The molecule has 0 aliphatic heterocycles. The number of halogens is 2. The summed E-state index contributed by atoms with van der Waals surface area (Å²) in [6.07, 6.45) is -0.0131. The SMILES string of the molecule is COc1ccccc1C(F)(F)C1(C(=O)O)CC1. The molecule has 2 rings (SSSR count). The molecule has 1 saturated carbocycles. The van der Waals surface area contributed by atoms with E-state index >= 15 is 0 Å². The van der Waals surface area contributed by atoms with Crippen LogP contribution in [0, 0.1) is 5.41 Å². The Balaban J connectivity index is 2.48. The van der Waals surface area contributed by atoms with Crippen LogP contribution in [0.3, 0.4) is 0 Å². The van der Waals surface area contributed by atoms with Crippen molar-refractivity contribution in [2.24, 2.45) is 5.41 Å². The Hall–Kier alpha value is -1.65. The maximum atomic E-state index is 14.2.